The second-order valence-corrected chi connectivity index (χ2v) is 6.33. The molecule has 0 heterocycles. The third-order valence-corrected chi connectivity index (χ3v) is 4.98. The lowest BCUT2D eigenvalue weighted by Gasteiger charge is -2.38. The van der Waals surface area contributed by atoms with Crippen LogP contribution in [0.2, 0.25) is 5.02 Å². The minimum atomic E-state index is -0.788. The van der Waals surface area contributed by atoms with Crippen molar-refractivity contribution in [3.63, 3.8) is 0 Å². The molecule has 0 aromatic heterocycles. The van der Waals surface area contributed by atoms with Crippen molar-refractivity contribution in [2.45, 2.75) is 51.6 Å². The molecule has 1 aromatic carbocycles. The van der Waals surface area contributed by atoms with Gasteiger partial charge < -0.3 is 5.11 Å². The van der Waals surface area contributed by atoms with Gasteiger partial charge in [-0.05, 0) is 37.7 Å². The molecule has 0 saturated heterocycles. The first-order valence-corrected chi connectivity index (χ1v) is 7.84. The number of benzene rings is 1. The summed E-state index contributed by atoms with van der Waals surface area (Å²) in [6.07, 6.45) is 5.22. The number of aliphatic hydroxyl groups is 1. The summed E-state index contributed by atoms with van der Waals surface area (Å²) in [6.45, 7) is 2.20. The maximum atomic E-state index is 10.7. The molecule has 1 aliphatic rings. The van der Waals surface area contributed by atoms with Crippen LogP contribution in [0.25, 0.3) is 0 Å². The first-order chi connectivity index (χ1) is 9.63. The third-order valence-electron chi connectivity index (χ3n) is 4.64. The van der Waals surface area contributed by atoms with Crippen molar-refractivity contribution >= 4 is 11.6 Å². The van der Waals surface area contributed by atoms with Crippen molar-refractivity contribution in [3.8, 4) is 6.07 Å². The number of hydrogen-bond acceptors (Lipinski definition) is 2. The Labute approximate surface area is 126 Å². The van der Waals surface area contributed by atoms with E-state index >= 15 is 0 Å². The Hall–Kier alpha value is -1.04. The van der Waals surface area contributed by atoms with E-state index in [-0.39, 0.29) is 0 Å². The van der Waals surface area contributed by atoms with Crippen LogP contribution in [0, 0.1) is 22.7 Å². The van der Waals surface area contributed by atoms with Crippen LogP contribution in [-0.4, -0.2) is 5.11 Å². The summed E-state index contributed by atoms with van der Waals surface area (Å²) < 4.78 is 0. The zero-order valence-electron chi connectivity index (χ0n) is 12.0. The fourth-order valence-corrected chi connectivity index (χ4v) is 3.57. The molecule has 0 amide bonds. The molecule has 1 unspecified atom stereocenters. The van der Waals surface area contributed by atoms with Gasteiger partial charge in [-0.2, -0.15) is 5.26 Å². The summed E-state index contributed by atoms with van der Waals surface area (Å²) >= 11 is 6.17. The zero-order valence-corrected chi connectivity index (χ0v) is 12.7. The molecule has 1 saturated carbocycles. The Morgan fingerprint density at radius 2 is 2.05 bits per heavy atom. The minimum Gasteiger partial charge on any atom is -0.387 e. The van der Waals surface area contributed by atoms with E-state index in [0.717, 1.165) is 25.7 Å². The predicted molar refractivity (Wildman–Crippen MR) is 81.3 cm³/mol. The van der Waals surface area contributed by atoms with Gasteiger partial charge in [-0.15, -0.1) is 0 Å². The number of nitrogens with zero attached hydrogens (tertiary/aromatic N) is 1. The molecule has 0 radical (unpaired) electrons. The van der Waals surface area contributed by atoms with E-state index in [4.69, 9.17) is 11.6 Å². The predicted octanol–water partition coefficient (Wildman–Crippen LogP) is 4.87. The molecule has 0 bridgehead atoms. The average Bonchev–Trinajstić information content (AvgIpc) is 2.48. The van der Waals surface area contributed by atoms with Gasteiger partial charge in [-0.25, -0.2) is 0 Å². The van der Waals surface area contributed by atoms with Gasteiger partial charge in [0.15, 0.2) is 0 Å². The molecule has 0 aliphatic heterocycles. The van der Waals surface area contributed by atoms with E-state index in [9.17, 15) is 10.4 Å². The number of nitriles is 1. The topological polar surface area (TPSA) is 44.0 Å². The Bertz CT molecular complexity index is 486. The fourth-order valence-electron chi connectivity index (χ4n) is 3.33. The molecular weight excluding hydrogens is 270 g/mol. The highest BCUT2D eigenvalue weighted by molar-refractivity contribution is 6.31. The van der Waals surface area contributed by atoms with Crippen LogP contribution in [0.4, 0.5) is 0 Å². The maximum absolute atomic E-state index is 10.7. The molecule has 1 aromatic rings. The highest BCUT2D eigenvalue weighted by atomic mass is 35.5. The fraction of sp³-hybridized carbons (Fsp3) is 0.588. The van der Waals surface area contributed by atoms with Gasteiger partial charge in [-0.1, -0.05) is 49.6 Å². The van der Waals surface area contributed by atoms with Crippen LogP contribution in [0.15, 0.2) is 24.3 Å². The zero-order chi connectivity index (χ0) is 14.6. The molecule has 1 aliphatic carbocycles. The van der Waals surface area contributed by atoms with E-state index < -0.39 is 11.5 Å². The number of hydrogen-bond donors (Lipinski definition) is 1. The lowest BCUT2D eigenvalue weighted by molar-refractivity contribution is 0.0237. The van der Waals surface area contributed by atoms with Gasteiger partial charge in [0.05, 0.1) is 17.6 Å². The number of rotatable bonds is 4. The third kappa shape index (κ3) is 3.00. The van der Waals surface area contributed by atoms with Crippen LogP contribution in [0.3, 0.4) is 0 Å². The summed E-state index contributed by atoms with van der Waals surface area (Å²) in [5, 5.41) is 20.9. The van der Waals surface area contributed by atoms with Gasteiger partial charge in [-0.3, -0.25) is 0 Å². The molecule has 2 nitrogen and oxygen atoms in total. The van der Waals surface area contributed by atoms with Gasteiger partial charge in [0.2, 0.25) is 0 Å². The normalized spacial score (nSPS) is 27.8. The van der Waals surface area contributed by atoms with E-state index in [2.05, 4.69) is 13.0 Å². The van der Waals surface area contributed by atoms with E-state index in [0.29, 0.717) is 16.5 Å². The Balaban J connectivity index is 2.17. The summed E-state index contributed by atoms with van der Waals surface area (Å²) in [5.74, 6) is 0.708. The van der Waals surface area contributed by atoms with Crippen LogP contribution in [0.1, 0.15) is 57.1 Å². The highest BCUT2D eigenvalue weighted by Crippen LogP contribution is 2.48. The summed E-state index contributed by atoms with van der Waals surface area (Å²) in [7, 11) is 0. The second-order valence-electron chi connectivity index (χ2n) is 5.92. The van der Waals surface area contributed by atoms with Crippen molar-refractivity contribution in [2.24, 2.45) is 11.3 Å². The van der Waals surface area contributed by atoms with E-state index in [1.807, 2.05) is 18.2 Å². The Morgan fingerprint density at radius 1 is 1.40 bits per heavy atom. The SMILES string of the molecule is CCCC1CCC(C#N)(C(O)c2ccccc2Cl)CC1. The first kappa shape index (κ1) is 15.4. The van der Waals surface area contributed by atoms with Gasteiger partial charge >= 0.3 is 0 Å². The summed E-state index contributed by atoms with van der Waals surface area (Å²) in [5.41, 5.74) is 0.0135. The molecule has 1 N–H and O–H groups in total. The van der Waals surface area contributed by atoms with Gasteiger partial charge in [0.25, 0.3) is 0 Å². The molecule has 1 atom stereocenters. The smallest absolute Gasteiger partial charge is 0.0990 e. The Morgan fingerprint density at radius 3 is 2.60 bits per heavy atom. The van der Waals surface area contributed by atoms with Crippen molar-refractivity contribution in [2.75, 3.05) is 0 Å². The standard InChI is InChI=1S/C17H22ClNO/c1-2-5-13-8-10-17(12-19,11-9-13)16(20)14-6-3-4-7-15(14)18/h3-4,6-7,13,16,20H,2,5,8-11H2,1H3. The van der Waals surface area contributed by atoms with Crippen LogP contribution in [0.5, 0.6) is 0 Å². The molecule has 108 valence electrons. The summed E-state index contributed by atoms with van der Waals surface area (Å²) in [4.78, 5) is 0. The summed E-state index contributed by atoms with van der Waals surface area (Å²) in [6, 6.07) is 9.69. The largest absolute Gasteiger partial charge is 0.387 e. The van der Waals surface area contributed by atoms with Gasteiger partial charge in [0, 0.05) is 10.6 Å². The van der Waals surface area contributed by atoms with Gasteiger partial charge in [0.1, 0.15) is 0 Å². The monoisotopic (exact) mass is 291 g/mol. The second kappa shape index (κ2) is 6.61. The van der Waals surface area contributed by atoms with Crippen molar-refractivity contribution in [3.05, 3.63) is 34.9 Å². The molecule has 2 rings (SSSR count). The first-order valence-electron chi connectivity index (χ1n) is 7.46. The number of aliphatic hydroxyl groups excluding tert-OH is 1. The maximum Gasteiger partial charge on any atom is 0.0990 e. The quantitative estimate of drug-likeness (QED) is 0.860. The van der Waals surface area contributed by atoms with Crippen LogP contribution >= 0.6 is 11.6 Å². The molecule has 20 heavy (non-hydrogen) atoms. The average molecular weight is 292 g/mol. The lowest BCUT2D eigenvalue weighted by Crippen LogP contribution is -2.32. The molecular formula is C17H22ClNO. The van der Waals surface area contributed by atoms with Crippen molar-refractivity contribution in [1.29, 1.82) is 5.26 Å². The Kier molecular flexibility index (Phi) is 5.07. The molecule has 0 spiro atoms. The van der Waals surface area contributed by atoms with Crippen LogP contribution in [-0.2, 0) is 0 Å². The van der Waals surface area contributed by atoms with E-state index in [1.54, 1.807) is 6.07 Å². The van der Waals surface area contributed by atoms with Crippen molar-refractivity contribution in [1.82, 2.24) is 0 Å². The van der Waals surface area contributed by atoms with E-state index in [1.165, 1.54) is 12.8 Å². The lowest BCUT2D eigenvalue weighted by atomic mass is 9.66. The van der Waals surface area contributed by atoms with Crippen molar-refractivity contribution < 1.29 is 5.11 Å². The van der Waals surface area contributed by atoms with Crippen LogP contribution < -0.4 is 0 Å². The minimum absolute atomic E-state index is 0.547. The molecule has 3 heteroatoms. The number of halogens is 1. The highest BCUT2D eigenvalue weighted by Gasteiger charge is 2.42. The molecule has 1 fully saturated rings.